The van der Waals surface area contributed by atoms with Crippen molar-refractivity contribution in [2.45, 2.75) is 13.8 Å². The van der Waals surface area contributed by atoms with Crippen molar-refractivity contribution < 1.29 is 4.74 Å². The first kappa shape index (κ1) is 16.1. The highest BCUT2D eigenvalue weighted by molar-refractivity contribution is 5.63. The molecule has 0 radical (unpaired) electrons. The first-order valence-corrected chi connectivity index (χ1v) is 8.38. The number of fused-ring (bicyclic) bond motifs is 1. The minimum atomic E-state index is -0.141. The van der Waals surface area contributed by atoms with E-state index in [1.807, 2.05) is 62.6 Å². The summed E-state index contributed by atoms with van der Waals surface area (Å²) in [6.45, 7) is 4.05. The Labute approximate surface area is 151 Å². The average Bonchev–Trinajstić information content (AvgIpc) is 3.06. The molecule has 26 heavy (non-hydrogen) atoms. The third-order valence-corrected chi connectivity index (χ3v) is 4.39. The van der Waals surface area contributed by atoms with Crippen LogP contribution in [0.1, 0.15) is 11.1 Å². The maximum atomic E-state index is 13.0. The zero-order valence-electron chi connectivity index (χ0n) is 14.9. The average molecular weight is 345 g/mol. The van der Waals surface area contributed by atoms with E-state index in [0.29, 0.717) is 5.65 Å². The number of imidazole rings is 1. The van der Waals surface area contributed by atoms with Crippen LogP contribution >= 0.6 is 0 Å². The van der Waals surface area contributed by atoms with Gasteiger partial charge in [-0.05, 0) is 61.4 Å². The van der Waals surface area contributed by atoms with E-state index in [2.05, 4.69) is 11.1 Å². The van der Waals surface area contributed by atoms with E-state index in [4.69, 9.17) is 4.74 Å². The number of ether oxygens (including phenoxy) is 1. The van der Waals surface area contributed by atoms with E-state index in [-0.39, 0.29) is 5.56 Å². The zero-order valence-corrected chi connectivity index (χ0v) is 14.9. The number of rotatable bonds is 3. The quantitative estimate of drug-likeness (QED) is 0.568. The predicted molar refractivity (Wildman–Crippen MR) is 102 cm³/mol. The molecule has 0 aliphatic rings. The molecule has 0 amide bonds. The highest BCUT2D eigenvalue weighted by Crippen LogP contribution is 2.21. The molecule has 0 aliphatic heterocycles. The molecule has 130 valence electrons. The Balaban J connectivity index is 1.84. The molecular formula is C21H19N3O2. The summed E-state index contributed by atoms with van der Waals surface area (Å²) >= 11 is 0. The van der Waals surface area contributed by atoms with Gasteiger partial charge in [0.25, 0.3) is 5.56 Å². The largest absolute Gasteiger partial charge is 0.497 e. The van der Waals surface area contributed by atoms with Gasteiger partial charge in [-0.3, -0.25) is 9.36 Å². The molecule has 2 heterocycles. The van der Waals surface area contributed by atoms with Crippen molar-refractivity contribution in [3.05, 3.63) is 82.5 Å². The standard InChI is InChI=1S/C21H19N3O2/c1-14-10-15(2)12-17(11-14)24-9-8-23-13-19(22-20(23)21(24)25)16-4-6-18(26-3)7-5-16/h4-13H,1-3H3. The summed E-state index contributed by atoms with van der Waals surface area (Å²) in [6.07, 6.45) is 5.50. The van der Waals surface area contributed by atoms with Crippen molar-refractivity contribution in [1.29, 1.82) is 0 Å². The van der Waals surface area contributed by atoms with Crippen LogP contribution in [0.3, 0.4) is 0 Å². The van der Waals surface area contributed by atoms with Crippen LogP contribution in [0, 0.1) is 13.8 Å². The van der Waals surface area contributed by atoms with Crippen molar-refractivity contribution in [1.82, 2.24) is 14.0 Å². The van der Waals surface area contributed by atoms with Crippen LogP contribution in [0.15, 0.2) is 65.8 Å². The van der Waals surface area contributed by atoms with Gasteiger partial charge in [0.15, 0.2) is 0 Å². The number of benzene rings is 2. The highest BCUT2D eigenvalue weighted by atomic mass is 16.5. The number of nitrogens with zero attached hydrogens (tertiary/aromatic N) is 3. The number of hydrogen-bond acceptors (Lipinski definition) is 3. The van der Waals surface area contributed by atoms with Gasteiger partial charge in [0.1, 0.15) is 5.75 Å². The number of methoxy groups -OCH3 is 1. The molecule has 4 rings (SSSR count). The van der Waals surface area contributed by atoms with Crippen LogP contribution in [0.5, 0.6) is 5.75 Å². The van der Waals surface area contributed by atoms with Crippen molar-refractivity contribution >= 4 is 5.65 Å². The lowest BCUT2D eigenvalue weighted by Crippen LogP contribution is -2.20. The van der Waals surface area contributed by atoms with Crippen LogP contribution in [0.2, 0.25) is 0 Å². The summed E-state index contributed by atoms with van der Waals surface area (Å²) < 4.78 is 8.59. The lowest BCUT2D eigenvalue weighted by molar-refractivity contribution is 0.415. The molecule has 4 aromatic rings. The fourth-order valence-corrected chi connectivity index (χ4v) is 3.17. The van der Waals surface area contributed by atoms with Crippen molar-refractivity contribution in [3.8, 4) is 22.7 Å². The molecule has 0 N–H and O–H groups in total. The molecule has 5 nitrogen and oxygen atoms in total. The van der Waals surface area contributed by atoms with Crippen LogP contribution in [0.25, 0.3) is 22.6 Å². The van der Waals surface area contributed by atoms with Gasteiger partial charge in [-0.15, -0.1) is 0 Å². The van der Waals surface area contributed by atoms with Crippen LogP contribution in [-0.4, -0.2) is 21.1 Å². The third-order valence-electron chi connectivity index (χ3n) is 4.39. The fraction of sp³-hybridized carbons (Fsp3) is 0.143. The monoisotopic (exact) mass is 345 g/mol. The Morgan fingerprint density at radius 1 is 0.962 bits per heavy atom. The Bertz CT molecular complexity index is 1130. The number of aromatic nitrogens is 3. The van der Waals surface area contributed by atoms with E-state index in [1.165, 1.54) is 0 Å². The predicted octanol–water partition coefficient (Wildman–Crippen LogP) is 3.78. The van der Waals surface area contributed by atoms with Gasteiger partial charge < -0.3 is 9.14 Å². The summed E-state index contributed by atoms with van der Waals surface area (Å²) in [5, 5.41) is 0. The van der Waals surface area contributed by atoms with Crippen LogP contribution in [0.4, 0.5) is 0 Å². The Hall–Kier alpha value is -3.34. The third kappa shape index (κ3) is 2.77. The molecule has 0 unspecified atom stereocenters. The summed E-state index contributed by atoms with van der Waals surface area (Å²) in [6, 6.07) is 13.7. The molecule has 0 fully saturated rings. The lowest BCUT2D eigenvalue weighted by atomic mass is 10.1. The van der Waals surface area contributed by atoms with Gasteiger partial charge in [0.05, 0.1) is 12.8 Å². The van der Waals surface area contributed by atoms with Gasteiger partial charge in [-0.1, -0.05) is 6.07 Å². The maximum absolute atomic E-state index is 13.0. The van der Waals surface area contributed by atoms with Crippen molar-refractivity contribution in [2.75, 3.05) is 7.11 Å². The van der Waals surface area contributed by atoms with Gasteiger partial charge in [-0.2, -0.15) is 0 Å². The molecule has 5 heteroatoms. The molecule has 0 bridgehead atoms. The normalized spacial score (nSPS) is 11.0. The second-order valence-corrected chi connectivity index (χ2v) is 6.40. The van der Waals surface area contributed by atoms with Gasteiger partial charge in [0.2, 0.25) is 5.65 Å². The molecule has 2 aromatic carbocycles. The molecule has 2 aromatic heterocycles. The smallest absolute Gasteiger partial charge is 0.298 e. The zero-order chi connectivity index (χ0) is 18.3. The SMILES string of the molecule is COc1ccc(-c2cn3ccn(-c4cc(C)cc(C)c4)c(=O)c3n2)cc1. The Morgan fingerprint density at radius 2 is 1.65 bits per heavy atom. The van der Waals surface area contributed by atoms with Crippen molar-refractivity contribution in [2.24, 2.45) is 0 Å². The number of hydrogen-bond donors (Lipinski definition) is 0. The molecule has 0 saturated heterocycles. The van der Waals surface area contributed by atoms with Gasteiger partial charge in [0, 0.05) is 29.8 Å². The van der Waals surface area contributed by atoms with E-state index in [9.17, 15) is 4.79 Å². The first-order valence-electron chi connectivity index (χ1n) is 8.38. The second-order valence-electron chi connectivity index (χ2n) is 6.40. The minimum Gasteiger partial charge on any atom is -0.497 e. The minimum absolute atomic E-state index is 0.141. The summed E-state index contributed by atoms with van der Waals surface area (Å²) in [5.41, 5.74) is 5.04. The van der Waals surface area contributed by atoms with Crippen LogP contribution < -0.4 is 10.3 Å². The molecule has 0 spiro atoms. The van der Waals surface area contributed by atoms with E-state index >= 15 is 0 Å². The Kier molecular flexibility index (Phi) is 3.84. The van der Waals surface area contributed by atoms with E-state index in [1.54, 1.807) is 22.3 Å². The van der Waals surface area contributed by atoms with Crippen molar-refractivity contribution in [3.63, 3.8) is 0 Å². The molecule has 0 aliphatic carbocycles. The lowest BCUT2D eigenvalue weighted by Gasteiger charge is -2.08. The molecule has 0 atom stereocenters. The van der Waals surface area contributed by atoms with Gasteiger partial charge in [-0.25, -0.2) is 4.98 Å². The first-order chi connectivity index (χ1) is 12.5. The maximum Gasteiger partial charge on any atom is 0.298 e. The topological polar surface area (TPSA) is 48.5 Å². The number of aryl methyl sites for hydroxylation is 2. The van der Waals surface area contributed by atoms with Crippen LogP contribution in [-0.2, 0) is 0 Å². The van der Waals surface area contributed by atoms with Gasteiger partial charge >= 0.3 is 0 Å². The van der Waals surface area contributed by atoms with E-state index < -0.39 is 0 Å². The molecule has 0 saturated carbocycles. The molecular weight excluding hydrogens is 326 g/mol. The summed E-state index contributed by atoms with van der Waals surface area (Å²) in [4.78, 5) is 17.5. The summed E-state index contributed by atoms with van der Waals surface area (Å²) in [5.74, 6) is 0.787. The fourth-order valence-electron chi connectivity index (χ4n) is 3.17. The highest BCUT2D eigenvalue weighted by Gasteiger charge is 2.11. The van der Waals surface area contributed by atoms with E-state index in [0.717, 1.165) is 33.8 Å². The Morgan fingerprint density at radius 3 is 2.31 bits per heavy atom. The summed E-state index contributed by atoms with van der Waals surface area (Å²) in [7, 11) is 1.63. The second kappa shape index (κ2) is 6.19.